The summed E-state index contributed by atoms with van der Waals surface area (Å²) in [7, 11) is 0. The highest BCUT2D eigenvalue weighted by Gasteiger charge is 2.44. The van der Waals surface area contributed by atoms with Crippen LogP contribution in [0.5, 0.6) is 0 Å². The maximum Gasteiger partial charge on any atom is 0.311 e. The molecule has 0 aromatic carbocycles. The van der Waals surface area contributed by atoms with E-state index in [-0.39, 0.29) is 28.3 Å². The summed E-state index contributed by atoms with van der Waals surface area (Å²) in [5.41, 5.74) is 5.86. The molecule has 1 aliphatic carbocycles. The molecule has 1 saturated carbocycles. The monoisotopic (exact) mass is 368 g/mol. The predicted octanol–water partition coefficient (Wildman–Crippen LogP) is 1.37. The van der Waals surface area contributed by atoms with Gasteiger partial charge in [0.05, 0.1) is 10.9 Å². The Hall–Kier alpha value is -1.65. The summed E-state index contributed by atoms with van der Waals surface area (Å²) < 4.78 is 13.7. The van der Waals surface area contributed by atoms with Crippen LogP contribution in [0.4, 0.5) is 5.95 Å². The number of carbonyl (C=O) groups excluding carboxylic acids is 1. The molecule has 2 aromatic heterocycles. The Balaban J connectivity index is 1.61. The number of aromatic nitrogens is 3. The molecule has 0 spiro atoms. The number of ether oxygens (including phenoxy) is 2. The zero-order valence-corrected chi connectivity index (χ0v) is 14.5. The molecule has 24 heavy (non-hydrogen) atoms. The Morgan fingerprint density at radius 3 is 3.04 bits per heavy atom. The van der Waals surface area contributed by atoms with E-state index in [1.54, 1.807) is 18.0 Å². The van der Waals surface area contributed by atoms with Crippen molar-refractivity contribution in [3.8, 4) is 0 Å². The highest BCUT2D eigenvalue weighted by Crippen LogP contribution is 2.44. The van der Waals surface area contributed by atoms with E-state index in [1.807, 2.05) is 0 Å². The SMILES string of the molecule is CC(=O)O[C@@H](C1CC1)[C@H]1O[C@@H](n2c(=O)sc3cnc(N)nc32)CS1. The van der Waals surface area contributed by atoms with Gasteiger partial charge in [-0.15, -0.1) is 11.8 Å². The molecular weight excluding hydrogens is 352 g/mol. The number of hydrogen-bond donors (Lipinski definition) is 1. The maximum absolute atomic E-state index is 12.3. The smallest absolute Gasteiger partial charge is 0.311 e. The fourth-order valence-electron chi connectivity index (χ4n) is 2.81. The molecule has 0 radical (unpaired) electrons. The lowest BCUT2D eigenvalue weighted by Gasteiger charge is -2.22. The number of thiazole rings is 1. The van der Waals surface area contributed by atoms with Crippen LogP contribution in [-0.4, -0.2) is 37.8 Å². The Labute approximate surface area is 145 Å². The molecule has 10 heteroatoms. The lowest BCUT2D eigenvalue weighted by atomic mass is 10.2. The van der Waals surface area contributed by atoms with Crippen molar-refractivity contribution in [2.45, 2.75) is 37.5 Å². The van der Waals surface area contributed by atoms with Crippen LogP contribution in [0.1, 0.15) is 26.0 Å². The summed E-state index contributed by atoms with van der Waals surface area (Å²) in [5.74, 6) is 0.745. The molecule has 0 bridgehead atoms. The number of nitrogen functional groups attached to an aromatic ring is 1. The number of carbonyl (C=O) groups is 1. The van der Waals surface area contributed by atoms with Gasteiger partial charge in [-0.2, -0.15) is 4.98 Å². The molecule has 1 saturated heterocycles. The average Bonchev–Trinajstić information content (AvgIpc) is 3.16. The van der Waals surface area contributed by atoms with Gasteiger partial charge in [0.15, 0.2) is 5.65 Å². The van der Waals surface area contributed by atoms with Crippen molar-refractivity contribution in [1.82, 2.24) is 14.5 Å². The molecule has 2 fully saturated rings. The number of nitrogens with zero attached hydrogens (tertiary/aromatic N) is 3. The normalized spacial score (nSPS) is 25.0. The molecular formula is C14H16N4O4S2. The van der Waals surface area contributed by atoms with Crippen LogP contribution in [0, 0.1) is 5.92 Å². The van der Waals surface area contributed by atoms with Crippen molar-refractivity contribution in [2.75, 3.05) is 11.5 Å². The average molecular weight is 368 g/mol. The van der Waals surface area contributed by atoms with Gasteiger partial charge in [0.25, 0.3) is 0 Å². The summed E-state index contributed by atoms with van der Waals surface area (Å²) in [6.45, 7) is 1.41. The Kier molecular flexibility index (Phi) is 3.97. The van der Waals surface area contributed by atoms with Crippen molar-refractivity contribution in [3.63, 3.8) is 0 Å². The second kappa shape index (κ2) is 6.01. The molecule has 3 heterocycles. The van der Waals surface area contributed by atoms with Gasteiger partial charge in [0, 0.05) is 12.7 Å². The topological polar surface area (TPSA) is 109 Å². The minimum absolute atomic E-state index is 0.118. The summed E-state index contributed by atoms with van der Waals surface area (Å²) in [5, 5.41) is 0. The van der Waals surface area contributed by atoms with Gasteiger partial charge >= 0.3 is 10.8 Å². The van der Waals surface area contributed by atoms with Crippen LogP contribution in [0.2, 0.25) is 0 Å². The summed E-state index contributed by atoms with van der Waals surface area (Å²) in [4.78, 5) is 31.6. The number of rotatable bonds is 4. The van der Waals surface area contributed by atoms with E-state index in [0.29, 0.717) is 22.0 Å². The van der Waals surface area contributed by atoms with E-state index in [2.05, 4.69) is 9.97 Å². The van der Waals surface area contributed by atoms with Crippen LogP contribution < -0.4 is 10.6 Å². The third kappa shape index (κ3) is 2.89. The lowest BCUT2D eigenvalue weighted by Crippen LogP contribution is -2.32. The molecule has 128 valence electrons. The van der Waals surface area contributed by atoms with Gasteiger partial charge in [-0.1, -0.05) is 11.3 Å². The zero-order chi connectivity index (χ0) is 16.8. The van der Waals surface area contributed by atoms with Crippen molar-refractivity contribution >= 4 is 45.4 Å². The first-order chi connectivity index (χ1) is 11.5. The van der Waals surface area contributed by atoms with Gasteiger partial charge in [0.2, 0.25) is 5.95 Å². The van der Waals surface area contributed by atoms with Crippen molar-refractivity contribution < 1.29 is 14.3 Å². The quantitative estimate of drug-likeness (QED) is 0.806. The molecule has 2 N–H and O–H groups in total. The first kappa shape index (κ1) is 15.9. The fourth-order valence-corrected chi connectivity index (χ4v) is 4.90. The summed E-state index contributed by atoms with van der Waals surface area (Å²) in [6, 6.07) is 0. The Bertz CT molecular complexity index is 847. The van der Waals surface area contributed by atoms with E-state index in [4.69, 9.17) is 15.2 Å². The number of nitrogens with two attached hydrogens (primary N) is 1. The minimum Gasteiger partial charge on any atom is -0.459 e. The third-order valence-corrected chi connectivity index (χ3v) is 6.08. The van der Waals surface area contributed by atoms with E-state index in [9.17, 15) is 9.59 Å². The highest BCUT2D eigenvalue weighted by molar-refractivity contribution is 8.00. The number of anilines is 1. The van der Waals surface area contributed by atoms with E-state index < -0.39 is 6.23 Å². The first-order valence-electron chi connectivity index (χ1n) is 7.61. The van der Waals surface area contributed by atoms with Gasteiger partial charge in [0.1, 0.15) is 17.8 Å². The minimum atomic E-state index is -0.452. The van der Waals surface area contributed by atoms with Crippen molar-refractivity contribution in [1.29, 1.82) is 0 Å². The zero-order valence-electron chi connectivity index (χ0n) is 12.9. The van der Waals surface area contributed by atoms with Crippen molar-refractivity contribution in [3.05, 3.63) is 15.9 Å². The van der Waals surface area contributed by atoms with E-state index in [0.717, 1.165) is 24.2 Å². The molecule has 2 aromatic rings. The molecule has 8 nitrogen and oxygen atoms in total. The summed E-state index contributed by atoms with van der Waals surface area (Å²) >= 11 is 2.62. The number of esters is 1. The van der Waals surface area contributed by atoms with Gasteiger partial charge < -0.3 is 15.2 Å². The maximum atomic E-state index is 12.3. The van der Waals surface area contributed by atoms with Crippen LogP contribution >= 0.6 is 23.1 Å². The predicted molar refractivity (Wildman–Crippen MR) is 90.7 cm³/mol. The standard InChI is InChI=1S/C14H16N4O4S2/c1-6(19)21-10(7-2-3-7)12-22-9(5-23-12)18-11-8(24-14(18)20)4-16-13(15)17-11/h4,7,9-10,12H,2-3,5H2,1H3,(H2,15,16,17)/t9-,10+,12+/m1/s1. The third-order valence-electron chi connectivity index (χ3n) is 4.02. The van der Waals surface area contributed by atoms with Crippen molar-refractivity contribution in [2.24, 2.45) is 5.92 Å². The van der Waals surface area contributed by atoms with E-state index >= 15 is 0 Å². The van der Waals surface area contributed by atoms with Gasteiger partial charge in [-0.05, 0) is 18.8 Å². The van der Waals surface area contributed by atoms with E-state index in [1.165, 1.54) is 11.5 Å². The number of thioether (sulfide) groups is 1. The van der Waals surface area contributed by atoms with Crippen LogP contribution in [0.25, 0.3) is 10.3 Å². The van der Waals surface area contributed by atoms with Gasteiger partial charge in [-0.25, -0.2) is 4.98 Å². The fraction of sp³-hybridized carbons (Fsp3) is 0.571. The molecule has 0 unspecified atom stereocenters. The second-order valence-electron chi connectivity index (χ2n) is 5.86. The molecule has 0 amide bonds. The molecule has 3 atom stereocenters. The highest BCUT2D eigenvalue weighted by atomic mass is 32.2. The second-order valence-corrected chi connectivity index (χ2v) is 7.98. The number of hydrogen-bond acceptors (Lipinski definition) is 9. The van der Waals surface area contributed by atoms with Crippen LogP contribution in [0.3, 0.4) is 0 Å². The lowest BCUT2D eigenvalue weighted by molar-refractivity contribution is -0.154. The first-order valence-corrected chi connectivity index (χ1v) is 9.47. The molecule has 2 aliphatic rings. The van der Waals surface area contributed by atoms with Crippen LogP contribution in [-0.2, 0) is 14.3 Å². The van der Waals surface area contributed by atoms with Crippen LogP contribution in [0.15, 0.2) is 11.0 Å². The largest absolute Gasteiger partial charge is 0.459 e. The molecule has 1 aliphatic heterocycles. The molecule has 4 rings (SSSR count). The Morgan fingerprint density at radius 2 is 2.33 bits per heavy atom. The Morgan fingerprint density at radius 1 is 1.54 bits per heavy atom. The van der Waals surface area contributed by atoms with Gasteiger partial charge in [-0.3, -0.25) is 14.2 Å². The number of fused-ring (bicyclic) bond motifs is 1. The summed E-state index contributed by atoms with van der Waals surface area (Å²) in [6.07, 6.45) is 2.90.